The Balaban J connectivity index is 1.95. The molecule has 14 heavy (non-hydrogen) atoms. The Kier molecular flexibility index (Phi) is 2.82. The number of rotatable bonds is 2. The molecular formula is C11H21NO2. The lowest BCUT2D eigenvalue weighted by Crippen LogP contribution is -2.48. The maximum absolute atomic E-state index is 10.4. The molecule has 0 aromatic carbocycles. The molecule has 0 saturated carbocycles. The van der Waals surface area contributed by atoms with Crippen LogP contribution < -0.4 is 0 Å². The van der Waals surface area contributed by atoms with E-state index in [1.54, 1.807) is 0 Å². The Morgan fingerprint density at radius 2 is 2.29 bits per heavy atom. The summed E-state index contributed by atoms with van der Waals surface area (Å²) in [5, 5.41) is 10.4. The fraction of sp³-hybridized carbons (Fsp3) is 1.00. The Bertz CT molecular complexity index is 209. The fourth-order valence-corrected chi connectivity index (χ4v) is 2.56. The number of ether oxygens (including phenoxy) is 1. The Hall–Kier alpha value is -0.120. The van der Waals surface area contributed by atoms with Gasteiger partial charge in [0.15, 0.2) is 0 Å². The summed E-state index contributed by atoms with van der Waals surface area (Å²) < 4.78 is 5.44. The second-order valence-electron chi connectivity index (χ2n) is 4.83. The van der Waals surface area contributed by atoms with Crippen molar-refractivity contribution in [1.29, 1.82) is 0 Å². The predicted octanol–water partition coefficient (Wildman–Crippen LogP) is 1.01. The van der Waals surface area contributed by atoms with Crippen molar-refractivity contribution < 1.29 is 9.84 Å². The van der Waals surface area contributed by atoms with Crippen LogP contribution in [0.3, 0.4) is 0 Å². The summed E-state index contributed by atoms with van der Waals surface area (Å²) in [6, 6.07) is 0.631. The minimum atomic E-state index is -0.599. The second kappa shape index (κ2) is 3.80. The van der Waals surface area contributed by atoms with Gasteiger partial charge in [0.2, 0.25) is 0 Å². The third kappa shape index (κ3) is 1.81. The molecule has 0 bridgehead atoms. The molecule has 2 rings (SSSR count). The van der Waals surface area contributed by atoms with Gasteiger partial charge in [0.25, 0.3) is 0 Å². The Labute approximate surface area is 86.0 Å². The molecule has 0 radical (unpaired) electrons. The van der Waals surface area contributed by atoms with Crippen LogP contribution in [-0.4, -0.2) is 47.4 Å². The molecule has 3 nitrogen and oxygen atoms in total. The van der Waals surface area contributed by atoms with E-state index >= 15 is 0 Å². The lowest BCUT2D eigenvalue weighted by atomic mass is 9.96. The number of hydrogen-bond acceptors (Lipinski definition) is 3. The van der Waals surface area contributed by atoms with Crippen molar-refractivity contribution in [2.75, 3.05) is 19.7 Å². The molecule has 3 atom stereocenters. The van der Waals surface area contributed by atoms with E-state index in [1.165, 1.54) is 12.8 Å². The summed E-state index contributed by atoms with van der Waals surface area (Å²) in [4.78, 5) is 2.39. The van der Waals surface area contributed by atoms with Gasteiger partial charge in [0.05, 0.1) is 6.10 Å². The topological polar surface area (TPSA) is 32.7 Å². The van der Waals surface area contributed by atoms with Crippen molar-refractivity contribution in [1.82, 2.24) is 4.90 Å². The monoisotopic (exact) mass is 199 g/mol. The maximum Gasteiger partial charge on any atom is 0.105 e. The highest BCUT2D eigenvalue weighted by Gasteiger charge is 2.42. The smallest absolute Gasteiger partial charge is 0.105 e. The van der Waals surface area contributed by atoms with Crippen molar-refractivity contribution in [3.8, 4) is 0 Å². The van der Waals surface area contributed by atoms with Crippen LogP contribution in [0.5, 0.6) is 0 Å². The lowest BCUT2D eigenvalue weighted by Gasteiger charge is -2.33. The van der Waals surface area contributed by atoms with E-state index in [9.17, 15) is 5.11 Å². The zero-order chi connectivity index (χ0) is 10.2. The molecule has 2 fully saturated rings. The van der Waals surface area contributed by atoms with Crippen LogP contribution in [0.2, 0.25) is 0 Å². The van der Waals surface area contributed by atoms with E-state index in [0.717, 1.165) is 19.5 Å². The molecule has 0 spiro atoms. The van der Waals surface area contributed by atoms with Crippen LogP contribution in [-0.2, 0) is 4.74 Å². The zero-order valence-corrected chi connectivity index (χ0v) is 9.20. The molecule has 2 aliphatic heterocycles. The van der Waals surface area contributed by atoms with Gasteiger partial charge in [-0.1, -0.05) is 0 Å². The average molecular weight is 199 g/mol. The van der Waals surface area contributed by atoms with E-state index in [1.807, 2.05) is 6.92 Å². The van der Waals surface area contributed by atoms with Crippen LogP contribution in [0.4, 0.5) is 0 Å². The second-order valence-corrected chi connectivity index (χ2v) is 4.83. The summed E-state index contributed by atoms with van der Waals surface area (Å²) in [6.45, 7) is 6.86. The summed E-state index contributed by atoms with van der Waals surface area (Å²) in [7, 11) is 0. The van der Waals surface area contributed by atoms with E-state index in [4.69, 9.17) is 4.74 Å². The third-order valence-corrected chi connectivity index (χ3v) is 3.83. The van der Waals surface area contributed by atoms with Gasteiger partial charge in [-0.3, -0.25) is 4.90 Å². The molecular weight excluding hydrogens is 178 g/mol. The van der Waals surface area contributed by atoms with Crippen LogP contribution in [0.1, 0.15) is 33.1 Å². The molecule has 3 heteroatoms. The molecule has 1 N–H and O–H groups in total. The molecule has 2 saturated heterocycles. The first-order valence-corrected chi connectivity index (χ1v) is 5.70. The predicted molar refractivity (Wildman–Crippen MR) is 55.2 cm³/mol. The number of likely N-dealkylation sites (tertiary alicyclic amines) is 1. The van der Waals surface area contributed by atoms with Crippen LogP contribution in [0.15, 0.2) is 0 Å². The molecule has 0 aliphatic carbocycles. The largest absolute Gasteiger partial charge is 0.386 e. The molecule has 82 valence electrons. The van der Waals surface area contributed by atoms with Gasteiger partial charge in [0, 0.05) is 25.6 Å². The summed E-state index contributed by atoms with van der Waals surface area (Å²) >= 11 is 0. The highest BCUT2D eigenvalue weighted by Crippen LogP contribution is 2.29. The van der Waals surface area contributed by atoms with E-state index < -0.39 is 5.60 Å². The number of nitrogens with zero attached hydrogens (tertiary/aromatic N) is 1. The molecule has 3 unspecified atom stereocenters. The number of β-amino-alcohol motifs (C(OH)–C–C–N with tert-alkyl or cyclic N) is 1. The van der Waals surface area contributed by atoms with Crippen molar-refractivity contribution in [3.63, 3.8) is 0 Å². The fourth-order valence-electron chi connectivity index (χ4n) is 2.56. The zero-order valence-electron chi connectivity index (χ0n) is 9.20. The highest BCUT2D eigenvalue weighted by atomic mass is 16.5. The minimum absolute atomic E-state index is 0.00435. The SMILES string of the molecule is CC1CCCN1CC1(O)CCOC1C. The lowest BCUT2D eigenvalue weighted by molar-refractivity contribution is -0.0500. The quantitative estimate of drug-likeness (QED) is 0.720. The molecule has 2 heterocycles. The first kappa shape index (κ1) is 10.4. The van der Waals surface area contributed by atoms with Gasteiger partial charge < -0.3 is 9.84 Å². The standard InChI is InChI=1S/C11H21NO2/c1-9-4-3-6-12(9)8-11(13)5-7-14-10(11)2/h9-10,13H,3-8H2,1-2H3. The summed E-state index contributed by atoms with van der Waals surface area (Å²) in [6.07, 6.45) is 3.32. The van der Waals surface area contributed by atoms with E-state index in [2.05, 4.69) is 11.8 Å². The third-order valence-electron chi connectivity index (χ3n) is 3.83. The van der Waals surface area contributed by atoms with Gasteiger partial charge in [-0.05, 0) is 33.2 Å². The van der Waals surface area contributed by atoms with E-state index in [0.29, 0.717) is 12.6 Å². The van der Waals surface area contributed by atoms with Gasteiger partial charge >= 0.3 is 0 Å². The summed E-state index contributed by atoms with van der Waals surface area (Å²) in [5.74, 6) is 0. The van der Waals surface area contributed by atoms with Crippen molar-refractivity contribution in [2.24, 2.45) is 0 Å². The van der Waals surface area contributed by atoms with Gasteiger partial charge in [0.1, 0.15) is 5.60 Å². The van der Waals surface area contributed by atoms with Crippen molar-refractivity contribution in [2.45, 2.75) is 50.9 Å². The highest BCUT2D eigenvalue weighted by molar-refractivity contribution is 4.94. The molecule has 0 aromatic heterocycles. The van der Waals surface area contributed by atoms with Crippen molar-refractivity contribution >= 4 is 0 Å². The first-order chi connectivity index (χ1) is 6.62. The Morgan fingerprint density at radius 1 is 1.50 bits per heavy atom. The summed E-state index contributed by atoms with van der Waals surface area (Å²) in [5.41, 5.74) is -0.599. The van der Waals surface area contributed by atoms with Gasteiger partial charge in [-0.2, -0.15) is 0 Å². The average Bonchev–Trinajstić information content (AvgIpc) is 2.64. The molecule has 0 aromatic rings. The minimum Gasteiger partial charge on any atom is -0.386 e. The van der Waals surface area contributed by atoms with Crippen LogP contribution in [0.25, 0.3) is 0 Å². The Morgan fingerprint density at radius 3 is 2.79 bits per heavy atom. The van der Waals surface area contributed by atoms with Gasteiger partial charge in [-0.15, -0.1) is 0 Å². The normalized spacial score (nSPS) is 44.8. The van der Waals surface area contributed by atoms with Crippen molar-refractivity contribution in [3.05, 3.63) is 0 Å². The van der Waals surface area contributed by atoms with Crippen LogP contribution in [0, 0.1) is 0 Å². The van der Waals surface area contributed by atoms with E-state index in [-0.39, 0.29) is 6.10 Å². The van der Waals surface area contributed by atoms with Gasteiger partial charge in [-0.25, -0.2) is 0 Å². The van der Waals surface area contributed by atoms with Crippen LogP contribution >= 0.6 is 0 Å². The maximum atomic E-state index is 10.4. The number of hydrogen-bond donors (Lipinski definition) is 1. The molecule has 0 amide bonds. The first-order valence-electron chi connectivity index (χ1n) is 5.70. The number of aliphatic hydroxyl groups is 1. The molecule has 2 aliphatic rings.